The highest BCUT2D eigenvalue weighted by atomic mass is 35.5. The molecule has 6 nitrogen and oxygen atoms in total. The second kappa shape index (κ2) is 8.02. The lowest BCUT2D eigenvalue weighted by Crippen LogP contribution is -2.16. The predicted octanol–water partition coefficient (Wildman–Crippen LogP) is 3.97. The van der Waals surface area contributed by atoms with Crippen molar-refractivity contribution in [1.29, 1.82) is 5.26 Å². The van der Waals surface area contributed by atoms with E-state index in [2.05, 4.69) is 5.32 Å². The van der Waals surface area contributed by atoms with E-state index in [4.69, 9.17) is 25.8 Å². The first-order valence-electron chi connectivity index (χ1n) is 8.19. The van der Waals surface area contributed by atoms with Crippen molar-refractivity contribution in [3.8, 4) is 23.3 Å². The van der Waals surface area contributed by atoms with Gasteiger partial charge in [-0.2, -0.15) is 5.26 Å². The molecule has 1 aliphatic heterocycles. The summed E-state index contributed by atoms with van der Waals surface area (Å²) in [6.45, 7) is 2.64. The van der Waals surface area contributed by atoms with Crippen LogP contribution >= 0.6 is 11.6 Å². The number of hydrogen-bond donors (Lipinski definition) is 1. The number of ether oxygens (including phenoxy) is 3. The van der Waals surface area contributed by atoms with Crippen LogP contribution in [0.15, 0.2) is 35.9 Å². The zero-order valence-corrected chi connectivity index (χ0v) is 15.6. The lowest BCUT2D eigenvalue weighted by molar-refractivity contribution is -0.112. The van der Waals surface area contributed by atoms with Gasteiger partial charge in [-0.3, -0.25) is 4.79 Å². The molecule has 0 aliphatic carbocycles. The molecular weight excluding hydrogens is 368 g/mol. The molecule has 0 spiro atoms. The highest BCUT2D eigenvalue weighted by molar-refractivity contribution is 6.31. The summed E-state index contributed by atoms with van der Waals surface area (Å²) in [7, 11) is 1.51. The number of methoxy groups -OCH3 is 1. The van der Waals surface area contributed by atoms with Crippen molar-refractivity contribution in [3.63, 3.8) is 0 Å². The molecule has 1 heterocycles. The van der Waals surface area contributed by atoms with Crippen molar-refractivity contribution in [2.45, 2.75) is 6.92 Å². The van der Waals surface area contributed by atoms with E-state index in [0.29, 0.717) is 46.7 Å². The fourth-order valence-corrected chi connectivity index (χ4v) is 2.80. The third-order valence-corrected chi connectivity index (χ3v) is 4.45. The second-order valence-electron chi connectivity index (χ2n) is 5.78. The van der Waals surface area contributed by atoms with Crippen molar-refractivity contribution < 1.29 is 19.0 Å². The molecule has 138 valence electrons. The van der Waals surface area contributed by atoms with Crippen molar-refractivity contribution in [2.24, 2.45) is 0 Å². The monoisotopic (exact) mass is 384 g/mol. The average Bonchev–Trinajstić information content (AvgIpc) is 2.68. The fraction of sp³-hybridized carbons (Fsp3) is 0.200. The van der Waals surface area contributed by atoms with Crippen LogP contribution in [0.4, 0.5) is 5.69 Å². The number of amides is 1. The van der Waals surface area contributed by atoms with Gasteiger partial charge in [0.1, 0.15) is 24.9 Å². The summed E-state index contributed by atoms with van der Waals surface area (Å²) in [4.78, 5) is 12.5. The predicted molar refractivity (Wildman–Crippen MR) is 102 cm³/mol. The molecule has 2 aromatic carbocycles. The van der Waals surface area contributed by atoms with Gasteiger partial charge in [0.25, 0.3) is 5.91 Å². The number of nitrogens with one attached hydrogen (secondary N) is 1. The van der Waals surface area contributed by atoms with Gasteiger partial charge >= 0.3 is 0 Å². The molecule has 0 bridgehead atoms. The van der Waals surface area contributed by atoms with Gasteiger partial charge in [0.2, 0.25) is 5.75 Å². The Kier molecular flexibility index (Phi) is 5.53. The number of nitrogens with zero attached hydrogens (tertiary/aromatic N) is 1. The lowest BCUT2D eigenvalue weighted by atomic mass is 10.1. The Hall–Kier alpha value is -3.17. The Bertz CT molecular complexity index is 946. The summed E-state index contributed by atoms with van der Waals surface area (Å²) in [5.74, 6) is 0.965. The fourth-order valence-electron chi connectivity index (χ4n) is 2.62. The van der Waals surface area contributed by atoms with Gasteiger partial charge in [0, 0.05) is 10.7 Å². The molecule has 1 aliphatic rings. The highest BCUT2D eigenvalue weighted by Crippen LogP contribution is 2.40. The van der Waals surface area contributed by atoms with E-state index in [1.807, 2.05) is 6.07 Å². The van der Waals surface area contributed by atoms with Crippen LogP contribution in [0.25, 0.3) is 6.08 Å². The molecule has 1 amide bonds. The smallest absolute Gasteiger partial charge is 0.266 e. The summed E-state index contributed by atoms with van der Waals surface area (Å²) < 4.78 is 16.5. The number of halogens is 1. The van der Waals surface area contributed by atoms with Crippen LogP contribution < -0.4 is 19.5 Å². The first-order valence-corrected chi connectivity index (χ1v) is 8.57. The maximum Gasteiger partial charge on any atom is 0.266 e. The largest absolute Gasteiger partial charge is 0.493 e. The second-order valence-corrected chi connectivity index (χ2v) is 6.19. The minimum absolute atomic E-state index is 0.0619. The van der Waals surface area contributed by atoms with Crippen LogP contribution in [0.5, 0.6) is 17.2 Å². The molecule has 0 atom stereocenters. The normalized spacial score (nSPS) is 12.9. The zero-order chi connectivity index (χ0) is 19.4. The molecule has 2 aromatic rings. The molecule has 0 saturated heterocycles. The molecule has 3 rings (SSSR count). The van der Waals surface area contributed by atoms with Crippen LogP contribution in [0, 0.1) is 18.3 Å². The molecule has 0 radical (unpaired) electrons. The first kappa shape index (κ1) is 18.6. The van der Waals surface area contributed by atoms with Crippen LogP contribution in [0.1, 0.15) is 11.1 Å². The molecule has 7 heteroatoms. The van der Waals surface area contributed by atoms with E-state index in [1.54, 1.807) is 37.3 Å². The van der Waals surface area contributed by atoms with E-state index in [9.17, 15) is 10.1 Å². The number of anilines is 1. The Labute approximate surface area is 161 Å². The highest BCUT2D eigenvalue weighted by Gasteiger charge is 2.19. The molecule has 27 heavy (non-hydrogen) atoms. The zero-order valence-electron chi connectivity index (χ0n) is 14.8. The van der Waals surface area contributed by atoms with E-state index < -0.39 is 5.91 Å². The Morgan fingerprint density at radius 2 is 2.11 bits per heavy atom. The van der Waals surface area contributed by atoms with Crippen molar-refractivity contribution >= 4 is 29.3 Å². The van der Waals surface area contributed by atoms with Gasteiger partial charge < -0.3 is 19.5 Å². The SMILES string of the molecule is COc1cc(/C=C(\C#N)C(=O)Nc2cccc(Cl)c2C)cc2c1OCCO2. The van der Waals surface area contributed by atoms with Crippen molar-refractivity contribution in [3.05, 3.63) is 52.1 Å². The maximum atomic E-state index is 12.5. The van der Waals surface area contributed by atoms with Crippen LogP contribution in [0.2, 0.25) is 5.02 Å². The number of benzene rings is 2. The number of rotatable bonds is 4. The number of carbonyl (C=O) groups excluding carboxylic acids is 1. The molecule has 1 N–H and O–H groups in total. The number of hydrogen-bond acceptors (Lipinski definition) is 5. The summed E-state index contributed by atoms with van der Waals surface area (Å²) in [6, 6.07) is 10.5. The Balaban J connectivity index is 1.91. The van der Waals surface area contributed by atoms with E-state index in [0.717, 1.165) is 5.56 Å². The van der Waals surface area contributed by atoms with Crippen LogP contribution in [0.3, 0.4) is 0 Å². The van der Waals surface area contributed by atoms with Crippen LogP contribution in [-0.4, -0.2) is 26.2 Å². The number of fused-ring (bicyclic) bond motifs is 1. The molecule has 0 aromatic heterocycles. The molecule has 0 saturated carbocycles. The van der Waals surface area contributed by atoms with Crippen molar-refractivity contribution in [2.75, 3.05) is 25.6 Å². The van der Waals surface area contributed by atoms with Gasteiger partial charge in [-0.05, 0) is 48.4 Å². The Morgan fingerprint density at radius 3 is 2.85 bits per heavy atom. The third-order valence-electron chi connectivity index (χ3n) is 4.04. The molecule has 0 unspecified atom stereocenters. The van der Waals surface area contributed by atoms with E-state index in [-0.39, 0.29) is 5.57 Å². The maximum absolute atomic E-state index is 12.5. The standard InChI is InChI=1S/C20H17ClN2O4/c1-12-15(21)4-3-5-16(12)23-20(24)14(11-22)8-13-9-17(25-2)19-18(10-13)26-6-7-27-19/h3-5,8-10H,6-7H2,1-2H3,(H,23,24)/b14-8+. The minimum Gasteiger partial charge on any atom is -0.493 e. The number of nitriles is 1. The van der Waals surface area contributed by atoms with Gasteiger partial charge in [0.05, 0.1) is 7.11 Å². The average molecular weight is 385 g/mol. The third kappa shape index (κ3) is 3.99. The summed E-state index contributed by atoms with van der Waals surface area (Å²) in [5.41, 5.74) is 1.80. The summed E-state index contributed by atoms with van der Waals surface area (Å²) in [5, 5.41) is 12.7. The lowest BCUT2D eigenvalue weighted by Gasteiger charge is -2.21. The number of carbonyl (C=O) groups is 1. The molecule has 0 fully saturated rings. The Morgan fingerprint density at radius 1 is 1.33 bits per heavy atom. The van der Waals surface area contributed by atoms with Crippen LogP contribution in [-0.2, 0) is 4.79 Å². The molecular formula is C20H17ClN2O4. The minimum atomic E-state index is -0.531. The van der Waals surface area contributed by atoms with Gasteiger partial charge in [-0.15, -0.1) is 0 Å². The van der Waals surface area contributed by atoms with Crippen molar-refractivity contribution in [1.82, 2.24) is 0 Å². The summed E-state index contributed by atoms with van der Waals surface area (Å²) >= 11 is 6.07. The first-order chi connectivity index (χ1) is 13.0. The topological polar surface area (TPSA) is 80.6 Å². The quantitative estimate of drug-likeness (QED) is 0.637. The van der Waals surface area contributed by atoms with Gasteiger partial charge in [-0.1, -0.05) is 17.7 Å². The van der Waals surface area contributed by atoms with Gasteiger partial charge in [0.15, 0.2) is 11.5 Å². The van der Waals surface area contributed by atoms with E-state index in [1.165, 1.54) is 13.2 Å². The summed E-state index contributed by atoms with van der Waals surface area (Å²) in [6.07, 6.45) is 1.47. The van der Waals surface area contributed by atoms with E-state index >= 15 is 0 Å². The van der Waals surface area contributed by atoms with Gasteiger partial charge in [-0.25, -0.2) is 0 Å².